The molecule has 1 rings (SSSR count). The Morgan fingerprint density at radius 2 is 1.48 bits per heavy atom. The summed E-state index contributed by atoms with van der Waals surface area (Å²) in [7, 11) is 3.42. The molecule has 6 nitrogen and oxygen atoms in total. The Morgan fingerprint density at radius 1 is 0.952 bits per heavy atom. The third-order valence-electron chi connectivity index (χ3n) is 3.98. The van der Waals surface area contributed by atoms with Crippen molar-refractivity contribution in [1.82, 2.24) is 4.90 Å². The molecule has 0 N–H and O–H groups in total. The van der Waals surface area contributed by atoms with Gasteiger partial charge in [0.15, 0.2) is 5.41 Å². The van der Waals surface area contributed by atoms with Crippen molar-refractivity contribution in [2.45, 2.75) is 13.8 Å². The van der Waals surface area contributed by atoms with Crippen LogP contribution in [-0.2, 0) is 0 Å². The number of nitrogens with zero attached hydrogens (tertiary/aromatic N) is 6. The molecule has 0 radical (unpaired) electrons. The quantitative estimate of drug-likeness (QED) is 0.719. The van der Waals surface area contributed by atoms with Crippen molar-refractivity contribution in [2.24, 2.45) is 22.7 Å². The van der Waals surface area contributed by atoms with Crippen LogP contribution in [0.25, 0.3) is 0 Å². The van der Waals surface area contributed by atoms with Crippen LogP contribution in [0.1, 0.15) is 13.8 Å². The molecule has 1 aliphatic carbocycles. The number of nitriles is 5. The Bertz CT molecular complexity index is 679. The van der Waals surface area contributed by atoms with E-state index in [4.69, 9.17) is 0 Å². The molecule has 6 heteroatoms. The van der Waals surface area contributed by atoms with E-state index in [-0.39, 0.29) is 5.57 Å². The summed E-state index contributed by atoms with van der Waals surface area (Å²) in [5, 5.41) is 47.3. The molecule has 0 saturated heterocycles. The maximum atomic E-state index is 9.51. The van der Waals surface area contributed by atoms with Crippen molar-refractivity contribution in [3.05, 3.63) is 11.3 Å². The monoisotopic (exact) mass is 278 g/mol. The molecule has 0 aromatic rings. The van der Waals surface area contributed by atoms with Crippen molar-refractivity contribution in [3.63, 3.8) is 0 Å². The van der Waals surface area contributed by atoms with Crippen molar-refractivity contribution in [3.8, 4) is 30.3 Å². The number of allylic oxidation sites excluding steroid dienone is 2. The van der Waals surface area contributed by atoms with Gasteiger partial charge in [-0.25, -0.2) is 0 Å². The second-order valence-corrected chi connectivity index (χ2v) is 5.71. The minimum absolute atomic E-state index is 0.0853. The van der Waals surface area contributed by atoms with Gasteiger partial charge in [-0.1, -0.05) is 13.8 Å². The standard InChI is InChI=1S/C15H14N6/c1-14(2)12(7-18)15(8-19,9-20)11(6-17)10(5-16)13(14)21(3)4/h11-12H,1-4H3. The lowest BCUT2D eigenvalue weighted by Crippen LogP contribution is -2.50. The van der Waals surface area contributed by atoms with Crippen molar-refractivity contribution in [1.29, 1.82) is 26.3 Å². The van der Waals surface area contributed by atoms with E-state index in [0.29, 0.717) is 5.70 Å². The first-order valence-electron chi connectivity index (χ1n) is 6.22. The molecule has 0 saturated carbocycles. The highest BCUT2D eigenvalue weighted by molar-refractivity contribution is 5.49. The molecule has 0 heterocycles. The number of hydrogen-bond acceptors (Lipinski definition) is 6. The lowest BCUT2D eigenvalue weighted by Gasteiger charge is -2.47. The van der Waals surface area contributed by atoms with E-state index >= 15 is 0 Å². The van der Waals surface area contributed by atoms with Crippen LogP contribution in [-0.4, -0.2) is 19.0 Å². The van der Waals surface area contributed by atoms with Crippen LogP contribution in [0.5, 0.6) is 0 Å². The fourth-order valence-corrected chi connectivity index (χ4v) is 3.23. The van der Waals surface area contributed by atoms with Crippen LogP contribution >= 0.6 is 0 Å². The van der Waals surface area contributed by atoms with Gasteiger partial charge in [0.25, 0.3) is 0 Å². The van der Waals surface area contributed by atoms with Crippen LogP contribution in [0.2, 0.25) is 0 Å². The third kappa shape index (κ3) is 1.89. The van der Waals surface area contributed by atoms with E-state index in [0.717, 1.165) is 0 Å². The van der Waals surface area contributed by atoms with Gasteiger partial charge in [0.05, 0.1) is 41.8 Å². The smallest absolute Gasteiger partial charge is 0.180 e. The fraction of sp³-hybridized carbons (Fsp3) is 0.533. The molecule has 0 bridgehead atoms. The maximum Gasteiger partial charge on any atom is 0.180 e. The summed E-state index contributed by atoms with van der Waals surface area (Å²) < 4.78 is 0. The summed E-state index contributed by atoms with van der Waals surface area (Å²) >= 11 is 0. The first kappa shape index (κ1) is 16.0. The van der Waals surface area contributed by atoms with Gasteiger partial charge in [-0.15, -0.1) is 0 Å². The molecule has 2 unspecified atom stereocenters. The largest absolute Gasteiger partial charge is 0.380 e. The highest BCUT2D eigenvalue weighted by Gasteiger charge is 2.61. The van der Waals surface area contributed by atoms with Crippen LogP contribution in [0, 0.1) is 79.3 Å². The molecule has 21 heavy (non-hydrogen) atoms. The highest BCUT2D eigenvalue weighted by atomic mass is 15.1. The van der Waals surface area contributed by atoms with E-state index in [1.807, 2.05) is 30.3 Å². The molecule has 2 atom stereocenters. The number of rotatable bonds is 1. The summed E-state index contributed by atoms with van der Waals surface area (Å²) in [5.41, 5.74) is -2.15. The molecule has 104 valence electrons. The van der Waals surface area contributed by atoms with Gasteiger partial charge in [0.2, 0.25) is 0 Å². The average molecular weight is 278 g/mol. The summed E-state index contributed by atoms with van der Waals surface area (Å²) in [6, 6.07) is 9.54. The van der Waals surface area contributed by atoms with Gasteiger partial charge < -0.3 is 4.90 Å². The van der Waals surface area contributed by atoms with Crippen molar-refractivity contribution < 1.29 is 0 Å². The lowest BCUT2D eigenvalue weighted by atomic mass is 9.52. The Kier molecular flexibility index (Phi) is 3.95. The van der Waals surface area contributed by atoms with Crippen LogP contribution in [0.3, 0.4) is 0 Å². The van der Waals surface area contributed by atoms with Gasteiger partial charge in [-0.3, -0.25) is 0 Å². The molecular formula is C15H14N6. The predicted molar refractivity (Wildman–Crippen MR) is 72.0 cm³/mol. The number of hydrogen-bond donors (Lipinski definition) is 0. The summed E-state index contributed by atoms with van der Waals surface area (Å²) in [5.74, 6) is -2.26. The fourth-order valence-electron chi connectivity index (χ4n) is 3.23. The van der Waals surface area contributed by atoms with E-state index < -0.39 is 22.7 Å². The summed E-state index contributed by atoms with van der Waals surface area (Å²) in [4.78, 5) is 1.67. The van der Waals surface area contributed by atoms with Crippen LogP contribution < -0.4 is 0 Å². The van der Waals surface area contributed by atoms with Gasteiger partial charge in [0.1, 0.15) is 5.92 Å². The second kappa shape index (κ2) is 5.17. The molecule has 0 aromatic carbocycles. The van der Waals surface area contributed by atoms with Gasteiger partial charge >= 0.3 is 0 Å². The predicted octanol–water partition coefficient (Wildman–Crippen LogP) is 1.68. The molecule has 0 spiro atoms. The molecule has 0 fully saturated rings. The van der Waals surface area contributed by atoms with E-state index in [1.54, 1.807) is 32.8 Å². The zero-order valence-corrected chi connectivity index (χ0v) is 12.3. The summed E-state index contributed by atoms with van der Waals surface area (Å²) in [6.45, 7) is 3.43. The topological polar surface area (TPSA) is 122 Å². The Labute approximate surface area is 124 Å². The molecule has 0 aromatic heterocycles. The van der Waals surface area contributed by atoms with E-state index in [1.165, 1.54) is 0 Å². The second-order valence-electron chi connectivity index (χ2n) is 5.71. The Hall–Kier alpha value is -3.01. The van der Waals surface area contributed by atoms with Crippen molar-refractivity contribution >= 4 is 0 Å². The summed E-state index contributed by atoms with van der Waals surface area (Å²) in [6.07, 6.45) is 0. The maximum absolute atomic E-state index is 9.51. The molecule has 1 aliphatic rings. The van der Waals surface area contributed by atoms with Gasteiger partial charge in [0, 0.05) is 25.2 Å². The third-order valence-corrected chi connectivity index (χ3v) is 3.98. The molecule has 0 amide bonds. The molecule has 0 aliphatic heterocycles. The van der Waals surface area contributed by atoms with Crippen LogP contribution in [0.15, 0.2) is 11.3 Å². The SMILES string of the molecule is CN(C)C1=C(C#N)C(C#N)C(C#N)(C#N)C(C#N)C1(C)C. The van der Waals surface area contributed by atoms with Crippen molar-refractivity contribution in [2.75, 3.05) is 14.1 Å². The first-order valence-corrected chi connectivity index (χ1v) is 6.22. The lowest BCUT2D eigenvalue weighted by molar-refractivity contribution is 0.135. The van der Waals surface area contributed by atoms with Gasteiger partial charge in [-0.05, 0) is 0 Å². The Morgan fingerprint density at radius 3 is 1.76 bits per heavy atom. The highest BCUT2D eigenvalue weighted by Crippen LogP contribution is 2.56. The minimum Gasteiger partial charge on any atom is -0.380 e. The normalized spacial score (nSPS) is 25.5. The van der Waals surface area contributed by atoms with E-state index in [9.17, 15) is 26.3 Å². The average Bonchev–Trinajstić information content (AvgIpc) is 2.43. The molecular weight excluding hydrogens is 264 g/mol. The zero-order valence-electron chi connectivity index (χ0n) is 12.3. The van der Waals surface area contributed by atoms with E-state index in [2.05, 4.69) is 0 Å². The zero-order chi connectivity index (χ0) is 16.4. The van der Waals surface area contributed by atoms with Gasteiger partial charge in [-0.2, -0.15) is 26.3 Å². The minimum atomic E-state index is -1.85. The first-order chi connectivity index (χ1) is 9.78. The van der Waals surface area contributed by atoms with Crippen LogP contribution in [0.4, 0.5) is 0 Å². The Balaban J connectivity index is 3.97.